The molecule has 0 spiro atoms. The summed E-state index contributed by atoms with van der Waals surface area (Å²) in [5, 5.41) is 12.9. The fraction of sp³-hybridized carbons (Fsp3) is 0.517. The highest BCUT2D eigenvalue weighted by Crippen LogP contribution is 2.17. The maximum absolute atomic E-state index is 13.8. The predicted molar refractivity (Wildman–Crippen MR) is 153 cm³/mol. The van der Waals surface area contributed by atoms with Crippen molar-refractivity contribution in [1.29, 1.82) is 0 Å². The monoisotopic (exact) mass is 651 g/mol. The molecule has 0 heterocycles. The number of carbonyl (C=O) groups is 2. The minimum absolute atomic E-state index is 0.136. The van der Waals surface area contributed by atoms with Crippen LogP contribution < -0.4 is 11.1 Å². The number of carbonyl (C=O) groups excluding carboxylic acids is 2. The first-order chi connectivity index (χ1) is 20.5. The average molecular weight is 652 g/mol. The van der Waals surface area contributed by atoms with E-state index in [1.54, 1.807) is 25.1 Å². The molecule has 0 saturated heterocycles. The molecule has 15 heteroatoms. The number of alkyl halides is 3. The number of halogens is 5. The summed E-state index contributed by atoms with van der Waals surface area (Å²) in [6.07, 6.45) is -6.85. The standard InChI is InChI=1S/C29H38F5N3O6S/c1-3-5-9-44(41,42)17-25(36-28(40)43-18-29(32,33)34)27(39)37(15-20-8-6-7-19(4-2)10-20)16-26(38)24(35)13-21-11-22(30)14-23(31)12-21/h6-8,10-12,14,24-26,38H,3-5,9,13,15-18,35H2,1-2H3,(H,36,40)/t24-,25-,26+/m0/s1. The van der Waals surface area contributed by atoms with Gasteiger partial charge in [0.15, 0.2) is 16.4 Å². The molecule has 44 heavy (non-hydrogen) atoms. The van der Waals surface area contributed by atoms with Crippen LogP contribution in [0.1, 0.15) is 43.4 Å². The number of alkyl carbamates (subject to hydrolysis) is 1. The van der Waals surface area contributed by atoms with Gasteiger partial charge >= 0.3 is 12.3 Å². The van der Waals surface area contributed by atoms with Crippen LogP contribution in [-0.4, -0.2) is 79.4 Å². The van der Waals surface area contributed by atoms with Crippen LogP contribution in [0.5, 0.6) is 0 Å². The zero-order valence-corrected chi connectivity index (χ0v) is 25.3. The minimum Gasteiger partial charge on any atom is -0.440 e. The van der Waals surface area contributed by atoms with E-state index in [-0.39, 0.29) is 30.7 Å². The van der Waals surface area contributed by atoms with Gasteiger partial charge in [0.25, 0.3) is 0 Å². The Bertz CT molecular complexity index is 1340. The van der Waals surface area contributed by atoms with E-state index in [1.165, 1.54) is 0 Å². The second-order valence-electron chi connectivity index (χ2n) is 10.5. The van der Waals surface area contributed by atoms with Crippen LogP contribution in [0.15, 0.2) is 42.5 Å². The van der Waals surface area contributed by atoms with Gasteiger partial charge in [-0.25, -0.2) is 22.0 Å². The van der Waals surface area contributed by atoms with Crippen molar-refractivity contribution >= 4 is 21.8 Å². The van der Waals surface area contributed by atoms with Gasteiger partial charge in [0.1, 0.15) is 17.7 Å². The van der Waals surface area contributed by atoms with Gasteiger partial charge < -0.3 is 25.8 Å². The summed E-state index contributed by atoms with van der Waals surface area (Å²) in [5.74, 6) is -4.03. The normalized spacial score (nSPS) is 14.0. The molecule has 2 rings (SSSR count). The van der Waals surface area contributed by atoms with Crippen LogP contribution in [0.4, 0.5) is 26.7 Å². The van der Waals surface area contributed by atoms with Crippen LogP contribution in [0, 0.1) is 11.6 Å². The quantitative estimate of drug-likeness (QED) is 0.236. The molecular formula is C29H38F5N3O6S. The second-order valence-corrected chi connectivity index (χ2v) is 12.7. The van der Waals surface area contributed by atoms with Gasteiger partial charge in [0, 0.05) is 25.2 Å². The number of aliphatic hydroxyl groups excluding tert-OH is 1. The Balaban J connectivity index is 2.39. The van der Waals surface area contributed by atoms with Crippen molar-refractivity contribution < 1.29 is 49.8 Å². The summed E-state index contributed by atoms with van der Waals surface area (Å²) in [5.41, 5.74) is 7.70. The zero-order chi connectivity index (χ0) is 33.1. The molecule has 4 N–H and O–H groups in total. The highest BCUT2D eigenvalue weighted by molar-refractivity contribution is 7.91. The Kier molecular flexibility index (Phi) is 14.0. The van der Waals surface area contributed by atoms with Gasteiger partial charge in [-0.1, -0.05) is 44.5 Å². The van der Waals surface area contributed by atoms with Crippen LogP contribution in [0.2, 0.25) is 0 Å². The molecule has 2 aromatic carbocycles. The van der Waals surface area contributed by atoms with Crippen molar-refractivity contribution in [2.45, 2.75) is 70.4 Å². The van der Waals surface area contributed by atoms with Gasteiger partial charge in [-0.05, 0) is 48.1 Å². The number of nitrogens with one attached hydrogen (secondary N) is 1. The number of nitrogens with zero attached hydrogens (tertiary/aromatic N) is 1. The molecule has 246 valence electrons. The third-order valence-electron chi connectivity index (χ3n) is 6.57. The van der Waals surface area contributed by atoms with E-state index in [9.17, 15) is 45.1 Å². The maximum Gasteiger partial charge on any atom is 0.422 e. The Morgan fingerprint density at radius 1 is 1.05 bits per heavy atom. The SMILES string of the molecule is CCCCS(=O)(=O)C[C@H](NC(=O)OCC(F)(F)F)C(=O)N(Cc1cccc(CC)c1)C[C@@H](O)[C@@H](N)Cc1cc(F)cc(F)c1. The van der Waals surface area contributed by atoms with Crippen molar-refractivity contribution in [3.8, 4) is 0 Å². The highest BCUT2D eigenvalue weighted by atomic mass is 32.2. The summed E-state index contributed by atoms with van der Waals surface area (Å²) in [7, 11) is -3.99. The predicted octanol–water partition coefficient (Wildman–Crippen LogP) is 3.66. The van der Waals surface area contributed by atoms with Crippen LogP contribution in [0.3, 0.4) is 0 Å². The van der Waals surface area contributed by atoms with E-state index in [0.29, 0.717) is 24.5 Å². The molecule has 9 nitrogen and oxygen atoms in total. The van der Waals surface area contributed by atoms with E-state index in [0.717, 1.165) is 22.6 Å². The molecule has 2 amide bonds. The fourth-order valence-corrected chi connectivity index (χ4v) is 5.96. The fourth-order valence-electron chi connectivity index (χ4n) is 4.33. The molecule has 0 fully saturated rings. The van der Waals surface area contributed by atoms with E-state index >= 15 is 0 Å². The Morgan fingerprint density at radius 3 is 2.27 bits per heavy atom. The first-order valence-corrected chi connectivity index (χ1v) is 15.8. The van der Waals surface area contributed by atoms with Crippen molar-refractivity contribution in [1.82, 2.24) is 10.2 Å². The van der Waals surface area contributed by atoms with Crippen molar-refractivity contribution in [2.24, 2.45) is 5.73 Å². The van der Waals surface area contributed by atoms with Crippen molar-refractivity contribution in [3.05, 3.63) is 70.8 Å². The Labute approximate surface area is 253 Å². The first kappa shape index (κ1) is 36.9. The molecule has 0 aliphatic heterocycles. The highest BCUT2D eigenvalue weighted by Gasteiger charge is 2.35. The number of unbranched alkanes of at least 4 members (excludes halogenated alkanes) is 1. The molecule has 3 atom stereocenters. The number of ether oxygens (including phenoxy) is 1. The van der Waals surface area contributed by atoms with Crippen LogP contribution in [-0.2, 0) is 38.8 Å². The number of sulfone groups is 1. The van der Waals surface area contributed by atoms with Gasteiger partial charge in [-0.15, -0.1) is 0 Å². The first-order valence-electron chi connectivity index (χ1n) is 14.0. The minimum atomic E-state index is -4.87. The smallest absolute Gasteiger partial charge is 0.422 e. The lowest BCUT2D eigenvalue weighted by Gasteiger charge is -2.31. The molecule has 0 aliphatic carbocycles. The number of benzene rings is 2. The van der Waals surface area contributed by atoms with E-state index in [1.807, 2.05) is 18.3 Å². The summed E-state index contributed by atoms with van der Waals surface area (Å²) in [6, 6.07) is 6.69. The second kappa shape index (κ2) is 16.7. The van der Waals surface area contributed by atoms with Crippen molar-refractivity contribution in [2.75, 3.05) is 24.7 Å². The largest absolute Gasteiger partial charge is 0.440 e. The summed E-state index contributed by atoms with van der Waals surface area (Å²) in [6.45, 7) is 0.951. The van der Waals surface area contributed by atoms with E-state index in [2.05, 4.69) is 4.74 Å². The maximum atomic E-state index is 13.8. The number of hydrogen-bond donors (Lipinski definition) is 3. The van der Waals surface area contributed by atoms with E-state index in [4.69, 9.17) is 5.73 Å². The van der Waals surface area contributed by atoms with E-state index < -0.39 is 76.7 Å². The van der Waals surface area contributed by atoms with Gasteiger partial charge in [0.05, 0.1) is 17.6 Å². The number of nitrogens with two attached hydrogens (primary N) is 1. The lowest BCUT2D eigenvalue weighted by Crippen LogP contribution is -2.55. The average Bonchev–Trinajstić information content (AvgIpc) is 2.93. The summed E-state index contributed by atoms with van der Waals surface area (Å²) >= 11 is 0. The van der Waals surface area contributed by atoms with Gasteiger partial charge in [-0.2, -0.15) is 13.2 Å². The lowest BCUT2D eigenvalue weighted by molar-refractivity contribution is -0.160. The number of aliphatic hydroxyl groups is 1. The topological polar surface area (TPSA) is 139 Å². The molecule has 0 radical (unpaired) electrons. The Hall–Kier alpha value is -3.30. The molecular weight excluding hydrogens is 613 g/mol. The van der Waals surface area contributed by atoms with Crippen LogP contribution >= 0.6 is 0 Å². The summed E-state index contributed by atoms with van der Waals surface area (Å²) < 4.78 is 94.9. The zero-order valence-electron chi connectivity index (χ0n) is 24.4. The summed E-state index contributed by atoms with van der Waals surface area (Å²) in [4.78, 5) is 27.1. The molecule has 0 unspecified atom stereocenters. The molecule has 2 aromatic rings. The number of rotatable bonds is 16. The third-order valence-corrected chi connectivity index (χ3v) is 8.32. The van der Waals surface area contributed by atoms with Gasteiger partial charge in [0.2, 0.25) is 5.91 Å². The Morgan fingerprint density at radius 2 is 1.68 bits per heavy atom. The van der Waals surface area contributed by atoms with Crippen molar-refractivity contribution in [3.63, 3.8) is 0 Å². The molecule has 0 bridgehead atoms. The number of amides is 2. The van der Waals surface area contributed by atoms with Gasteiger partial charge in [-0.3, -0.25) is 4.79 Å². The molecule has 0 aromatic heterocycles. The number of hydrogen-bond acceptors (Lipinski definition) is 7. The number of aryl methyl sites for hydroxylation is 1. The van der Waals surface area contributed by atoms with Crippen LogP contribution in [0.25, 0.3) is 0 Å². The third kappa shape index (κ3) is 13.1. The lowest BCUT2D eigenvalue weighted by atomic mass is 10.0. The molecule has 0 aliphatic rings. The molecule has 0 saturated carbocycles.